The van der Waals surface area contributed by atoms with Gasteiger partial charge in [-0.15, -0.1) is 0 Å². The van der Waals surface area contributed by atoms with E-state index >= 15 is 0 Å². The molecule has 214 valence electrons. The highest BCUT2D eigenvalue weighted by Gasteiger charge is 2.21. The number of fused-ring (bicyclic) bond motifs is 2. The van der Waals surface area contributed by atoms with Gasteiger partial charge in [-0.3, -0.25) is 4.72 Å². The maximum atomic E-state index is 13.4. The Kier molecular flexibility index (Phi) is 7.50. The number of anilines is 1. The quantitative estimate of drug-likeness (QED) is 0.216. The van der Waals surface area contributed by atoms with E-state index in [0.29, 0.717) is 22.7 Å². The fraction of sp³-hybridized carbons (Fsp3) is 0.167. The molecule has 0 bridgehead atoms. The van der Waals surface area contributed by atoms with Crippen LogP contribution in [0.25, 0.3) is 21.8 Å². The number of nitrogens with zero attached hydrogens (tertiary/aromatic N) is 4. The molecule has 0 unspecified atom stereocenters. The van der Waals surface area contributed by atoms with Crippen LogP contribution in [0.3, 0.4) is 0 Å². The van der Waals surface area contributed by atoms with Crippen LogP contribution in [0.2, 0.25) is 0 Å². The zero-order valence-electron chi connectivity index (χ0n) is 22.7. The van der Waals surface area contributed by atoms with E-state index in [9.17, 15) is 13.2 Å². The number of hydrogen-bond donors (Lipinski definition) is 2. The predicted octanol–water partition coefficient (Wildman–Crippen LogP) is 4.79. The summed E-state index contributed by atoms with van der Waals surface area (Å²) in [6.07, 6.45) is 3.29. The van der Waals surface area contributed by atoms with Gasteiger partial charge in [-0.25, -0.2) is 23.2 Å². The minimum atomic E-state index is -3.66. The number of sulfonamides is 1. The number of rotatable bonds is 10. The number of pyridine rings is 1. The van der Waals surface area contributed by atoms with Crippen LogP contribution in [0.15, 0.2) is 83.9 Å². The molecule has 6 aromatic rings. The SMILES string of the molecule is Cn1cncc1COC(=O)c1cc2ccc(CN)nc2n1Cc1cc(NS(=O)(=O)Cc2ccsc2)cc2ccccc12. The van der Waals surface area contributed by atoms with Gasteiger partial charge in [0.1, 0.15) is 17.9 Å². The second-order valence-electron chi connectivity index (χ2n) is 9.96. The van der Waals surface area contributed by atoms with Crippen LogP contribution < -0.4 is 10.5 Å². The fourth-order valence-electron chi connectivity index (χ4n) is 4.91. The molecule has 3 N–H and O–H groups in total. The molecule has 0 saturated heterocycles. The monoisotopic (exact) mass is 600 g/mol. The molecular weight excluding hydrogens is 573 g/mol. The minimum absolute atomic E-state index is 0.0582. The van der Waals surface area contributed by atoms with Crippen LogP contribution >= 0.6 is 11.3 Å². The Bertz CT molecular complexity index is 2010. The van der Waals surface area contributed by atoms with Gasteiger partial charge < -0.3 is 19.6 Å². The van der Waals surface area contributed by atoms with E-state index in [1.165, 1.54) is 11.3 Å². The van der Waals surface area contributed by atoms with Crippen LogP contribution in [-0.2, 0) is 47.3 Å². The number of benzene rings is 2. The summed E-state index contributed by atoms with van der Waals surface area (Å²) in [5.41, 5.74) is 10.2. The number of hydrogen-bond acceptors (Lipinski definition) is 8. The van der Waals surface area contributed by atoms with Crippen molar-refractivity contribution in [2.75, 3.05) is 4.72 Å². The van der Waals surface area contributed by atoms with Gasteiger partial charge in [0, 0.05) is 24.7 Å². The number of thiophene rings is 1. The summed E-state index contributed by atoms with van der Waals surface area (Å²) >= 11 is 1.45. The third kappa shape index (κ3) is 5.77. The molecule has 0 atom stereocenters. The summed E-state index contributed by atoms with van der Waals surface area (Å²) in [6, 6.07) is 18.6. The van der Waals surface area contributed by atoms with Gasteiger partial charge in [-0.2, -0.15) is 11.3 Å². The Labute approximate surface area is 246 Å². The standard InChI is InChI=1S/C30H28N6O4S2/c1-35-19-32-14-26(35)16-40-30(37)28-12-22-6-7-24(13-31)33-29(22)36(28)15-23-11-25(10-21-4-2-3-5-27(21)23)34-42(38,39)18-20-8-9-41-17-20/h2-12,14,17,19,34H,13,15-16,18,31H2,1H3. The van der Waals surface area contributed by atoms with Gasteiger partial charge in [-0.05, 0) is 69.1 Å². The van der Waals surface area contributed by atoms with E-state index in [4.69, 9.17) is 15.5 Å². The number of carbonyl (C=O) groups excluding carboxylic acids is 1. The van der Waals surface area contributed by atoms with E-state index in [2.05, 4.69) is 9.71 Å². The van der Waals surface area contributed by atoms with Gasteiger partial charge in [0.15, 0.2) is 0 Å². The molecule has 0 spiro atoms. The summed E-state index contributed by atoms with van der Waals surface area (Å²) in [7, 11) is -1.83. The summed E-state index contributed by atoms with van der Waals surface area (Å²) in [6.45, 7) is 0.537. The molecule has 42 heavy (non-hydrogen) atoms. The average molecular weight is 601 g/mol. The van der Waals surface area contributed by atoms with Crippen molar-refractivity contribution in [2.45, 2.75) is 25.4 Å². The van der Waals surface area contributed by atoms with Crippen LogP contribution in [0, 0.1) is 0 Å². The van der Waals surface area contributed by atoms with Crippen LogP contribution in [0.5, 0.6) is 0 Å². The predicted molar refractivity (Wildman–Crippen MR) is 164 cm³/mol. The lowest BCUT2D eigenvalue weighted by molar-refractivity contribution is 0.0453. The highest BCUT2D eigenvalue weighted by atomic mass is 32.2. The van der Waals surface area contributed by atoms with E-state index < -0.39 is 16.0 Å². The molecule has 0 aliphatic heterocycles. The van der Waals surface area contributed by atoms with Crippen molar-refractivity contribution in [3.63, 3.8) is 0 Å². The van der Waals surface area contributed by atoms with E-state index in [1.54, 1.807) is 39.9 Å². The first-order valence-electron chi connectivity index (χ1n) is 13.1. The molecule has 10 nitrogen and oxygen atoms in total. The highest BCUT2D eigenvalue weighted by molar-refractivity contribution is 7.91. The van der Waals surface area contributed by atoms with Gasteiger partial charge in [0.25, 0.3) is 0 Å². The third-order valence-corrected chi connectivity index (χ3v) is 8.97. The Morgan fingerprint density at radius 2 is 1.95 bits per heavy atom. The molecule has 6 rings (SSSR count). The summed E-state index contributed by atoms with van der Waals surface area (Å²) in [5, 5.41) is 6.21. The fourth-order valence-corrected chi connectivity index (χ4v) is 6.85. The second-order valence-corrected chi connectivity index (χ2v) is 12.5. The summed E-state index contributed by atoms with van der Waals surface area (Å²) < 4.78 is 38.0. The molecule has 0 radical (unpaired) electrons. The number of ether oxygens (including phenoxy) is 1. The lowest BCUT2D eigenvalue weighted by Gasteiger charge is -2.15. The number of imidazole rings is 1. The smallest absolute Gasteiger partial charge is 0.355 e. The topological polar surface area (TPSA) is 134 Å². The number of nitrogens with two attached hydrogens (primary N) is 1. The maximum absolute atomic E-state index is 13.4. The number of carbonyl (C=O) groups is 1. The lowest BCUT2D eigenvalue weighted by Crippen LogP contribution is -2.16. The van der Waals surface area contributed by atoms with Crippen molar-refractivity contribution in [3.8, 4) is 0 Å². The number of aryl methyl sites for hydroxylation is 1. The van der Waals surface area contributed by atoms with Crippen molar-refractivity contribution in [1.82, 2.24) is 19.1 Å². The van der Waals surface area contributed by atoms with Crippen molar-refractivity contribution < 1.29 is 17.9 Å². The molecule has 0 saturated carbocycles. The Balaban J connectivity index is 1.40. The molecule has 0 aliphatic carbocycles. The largest absolute Gasteiger partial charge is 0.455 e. The number of esters is 1. The van der Waals surface area contributed by atoms with Gasteiger partial charge in [0.05, 0.1) is 36.2 Å². The summed E-state index contributed by atoms with van der Waals surface area (Å²) in [4.78, 5) is 22.2. The first kappa shape index (κ1) is 27.6. The number of nitrogens with one attached hydrogen (secondary N) is 1. The van der Waals surface area contributed by atoms with Gasteiger partial charge in [-0.1, -0.05) is 24.3 Å². The van der Waals surface area contributed by atoms with Crippen molar-refractivity contribution >= 4 is 54.8 Å². The Morgan fingerprint density at radius 1 is 1.10 bits per heavy atom. The van der Waals surface area contributed by atoms with Crippen LogP contribution in [0.1, 0.15) is 33.0 Å². The molecule has 12 heteroatoms. The van der Waals surface area contributed by atoms with Crippen LogP contribution in [0.4, 0.5) is 5.69 Å². The first-order chi connectivity index (χ1) is 20.3. The van der Waals surface area contributed by atoms with E-state index in [-0.39, 0.29) is 25.4 Å². The van der Waals surface area contributed by atoms with Crippen molar-refractivity contribution in [2.24, 2.45) is 12.8 Å². The number of aromatic nitrogens is 4. The maximum Gasteiger partial charge on any atom is 0.355 e. The Hall–Kier alpha value is -4.52. The molecule has 4 heterocycles. The first-order valence-corrected chi connectivity index (χ1v) is 15.7. The van der Waals surface area contributed by atoms with Gasteiger partial charge >= 0.3 is 5.97 Å². The third-order valence-electron chi connectivity index (χ3n) is 6.97. The molecular formula is C30H28N6O4S2. The second kappa shape index (κ2) is 11.4. The summed E-state index contributed by atoms with van der Waals surface area (Å²) in [5.74, 6) is -0.639. The zero-order chi connectivity index (χ0) is 29.3. The molecule has 4 aromatic heterocycles. The van der Waals surface area contributed by atoms with Gasteiger partial charge in [0.2, 0.25) is 10.0 Å². The average Bonchev–Trinajstić information content (AvgIpc) is 3.71. The highest BCUT2D eigenvalue weighted by Crippen LogP contribution is 2.29. The van der Waals surface area contributed by atoms with E-state index in [1.807, 2.05) is 60.3 Å². The lowest BCUT2D eigenvalue weighted by atomic mass is 10.0. The van der Waals surface area contributed by atoms with Crippen molar-refractivity contribution in [1.29, 1.82) is 0 Å². The Morgan fingerprint density at radius 3 is 2.71 bits per heavy atom. The molecule has 0 fully saturated rings. The van der Waals surface area contributed by atoms with Crippen LogP contribution in [-0.4, -0.2) is 33.5 Å². The molecule has 0 amide bonds. The molecule has 0 aliphatic rings. The van der Waals surface area contributed by atoms with E-state index in [0.717, 1.165) is 33.0 Å². The molecule has 2 aromatic carbocycles. The minimum Gasteiger partial charge on any atom is -0.455 e. The normalized spacial score (nSPS) is 11.8. The van der Waals surface area contributed by atoms with Crippen molar-refractivity contribution in [3.05, 3.63) is 112 Å². The zero-order valence-corrected chi connectivity index (χ0v) is 24.4.